The zero-order valence-corrected chi connectivity index (χ0v) is 11.4. The molecule has 1 aromatic heterocycles. The van der Waals surface area contributed by atoms with Gasteiger partial charge in [0.1, 0.15) is 5.15 Å². The highest BCUT2D eigenvalue weighted by Gasteiger charge is 2.19. The van der Waals surface area contributed by atoms with Crippen molar-refractivity contribution in [3.05, 3.63) is 31.6 Å². The molecule has 1 fully saturated rings. The van der Waals surface area contributed by atoms with Crippen LogP contribution < -0.4 is 11.2 Å². The minimum Gasteiger partial charge on any atom is -0.297 e. The summed E-state index contributed by atoms with van der Waals surface area (Å²) in [6.45, 7) is 2.52. The van der Waals surface area contributed by atoms with Gasteiger partial charge in [-0.25, -0.2) is 4.79 Å². The summed E-state index contributed by atoms with van der Waals surface area (Å²) >= 11 is 5.93. The molecule has 100 valence electrons. The number of rotatable bonds is 4. The SMILES string of the molecule is CCCc1c(Cl)[nH]c(=O)n(CC2CCCC2)c1=O. The zero-order valence-electron chi connectivity index (χ0n) is 10.7. The van der Waals surface area contributed by atoms with E-state index >= 15 is 0 Å². The maximum Gasteiger partial charge on any atom is 0.329 e. The largest absolute Gasteiger partial charge is 0.329 e. The van der Waals surface area contributed by atoms with E-state index < -0.39 is 0 Å². The Morgan fingerprint density at radius 3 is 2.61 bits per heavy atom. The number of hydrogen-bond donors (Lipinski definition) is 1. The van der Waals surface area contributed by atoms with E-state index in [9.17, 15) is 9.59 Å². The first-order chi connectivity index (χ1) is 8.63. The second kappa shape index (κ2) is 5.74. The van der Waals surface area contributed by atoms with Crippen molar-refractivity contribution < 1.29 is 0 Å². The van der Waals surface area contributed by atoms with Crippen LogP contribution in [0.5, 0.6) is 0 Å². The lowest BCUT2D eigenvalue weighted by Crippen LogP contribution is -2.39. The molecule has 1 heterocycles. The van der Waals surface area contributed by atoms with Gasteiger partial charge in [0, 0.05) is 6.54 Å². The third-order valence-electron chi connectivity index (χ3n) is 3.65. The fourth-order valence-electron chi connectivity index (χ4n) is 2.67. The van der Waals surface area contributed by atoms with Crippen LogP contribution >= 0.6 is 11.6 Å². The zero-order chi connectivity index (χ0) is 13.1. The molecule has 1 aliphatic rings. The van der Waals surface area contributed by atoms with Crippen LogP contribution in [0, 0.1) is 5.92 Å². The quantitative estimate of drug-likeness (QED) is 0.854. The molecule has 0 unspecified atom stereocenters. The van der Waals surface area contributed by atoms with Crippen molar-refractivity contribution in [1.82, 2.24) is 9.55 Å². The van der Waals surface area contributed by atoms with Gasteiger partial charge in [0.2, 0.25) is 0 Å². The first-order valence-electron chi connectivity index (χ1n) is 6.65. The number of aromatic amines is 1. The lowest BCUT2D eigenvalue weighted by molar-refractivity contribution is 0.434. The van der Waals surface area contributed by atoms with Gasteiger partial charge in [0.15, 0.2) is 0 Å². The van der Waals surface area contributed by atoms with Gasteiger partial charge in [-0.1, -0.05) is 37.8 Å². The van der Waals surface area contributed by atoms with Crippen LogP contribution in [-0.2, 0) is 13.0 Å². The Morgan fingerprint density at radius 1 is 1.33 bits per heavy atom. The van der Waals surface area contributed by atoms with Crippen molar-refractivity contribution in [3.63, 3.8) is 0 Å². The molecule has 1 N–H and O–H groups in total. The number of aromatic nitrogens is 2. The summed E-state index contributed by atoms with van der Waals surface area (Å²) in [7, 11) is 0. The molecule has 2 rings (SSSR count). The molecule has 0 saturated heterocycles. The highest BCUT2D eigenvalue weighted by Crippen LogP contribution is 2.25. The molecule has 0 spiro atoms. The lowest BCUT2D eigenvalue weighted by Gasteiger charge is -2.12. The van der Waals surface area contributed by atoms with Gasteiger partial charge in [-0.2, -0.15) is 0 Å². The Hall–Kier alpha value is -1.03. The van der Waals surface area contributed by atoms with Crippen LogP contribution in [0.25, 0.3) is 0 Å². The maximum absolute atomic E-state index is 12.2. The Labute approximate surface area is 111 Å². The van der Waals surface area contributed by atoms with Crippen molar-refractivity contribution in [2.45, 2.75) is 52.0 Å². The smallest absolute Gasteiger partial charge is 0.297 e. The van der Waals surface area contributed by atoms with E-state index in [1.807, 2.05) is 6.92 Å². The van der Waals surface area contributed by atoms with Crippen molar-refractivity contribution >= 4 is 11.6 Å². The number of hydrogen-bond acceptors (Lipinski definition) is 2. The number of nitrogens with zero attached hydrogens (tertiary/aromatic N) is 1. The van der Waals surface area contributed by atoms with Gasteiger partial charge >= 0.3 is 5.69 Å². The molecule has 1 saturated carbocycles. The highest BCUT2D eigenvalue weighted by atomic mass is 35.5. The fraction of sp³-hybridized carbons (Fsp3) is 0.692. The molecular weight excluding hydrogens is 252 g/mol. The van der Waals surface area contributed by atoms with Crippen molar-refractivity contribution in [2.24, 2.45) is 5.92 Å². The fourth-order valence-corrected chi connectivity index (χ4v) is 2.93. The first kappa shape index (κ1) is 13.4. The van der Waals surface area contributed by atoms with Gasteiger partial charge in [-0.05, 0) is 25.2 Å². The third kappa shape index (κ3) is 2.69. The molecule has 0 amide bonds. The van der Waals surface area contributed by atoms with E-state index in [2.05, 4.69) is 4.98 Å². The predicted molar refractivity (Wildman–Crippen MR) is 72.3 cm³/mol. The van der Waals surface area contributed by atoms with E-state index in [4.69, 9.17) is 11.6 Å². The lowest BCUT2D eigenvalue weighted by atomic mass is 10.1. The average molecular weight is 271 g/mol. The van der Waals surface area contributed by atoms with E-state index in [1.165, 1.54) is 17.4 Å². The van der Waals surface area contributed by atoms with E-state index in [0.29, 0.717) is 24.4 Å². The molecule has 1 aliphatic carbocycles. The van der Waals surface area contributed by atoms with E-state index in [1.54, 1.807) is 0 Å². The van der Waals surface area contributed by atoms with Crippen molar-refractivity contribution in [2.75, 3.05) is 0 Å². The molecule has 0 atom stereocenters. The van der Waals surface area contributed by atoms with Crippen LogP contribution in [0.3, 0.4) is 0 Å². The van der Waals surface area contributed by atoms with Crippen LogP contribution in [0.2, 0.25) is 5.15 Å². The minimum atomic E-state index is -0.378. The third-order valence-corrected chi connectivity index (χ3v) is 3.97. The normalized spacial score (nSPS) is 16.3. The molecule has 0 bridgehead atoms. The Morgan fingerprint density at radius 2 is 2.00 bits per heavy atom. The number of H-pyrrole nitrogens is 1. The first-order valence-corrected chi connectivity index (χ1v) is 7.02. The maximum atomic E-state index is 12.2. The summed E-state index contributed by atoms with van der Waals surface area (Å²) in [4.78, 5) is 26.7. The summed E-state index contributed by atoms with van der Waals surface area (Å²) in [5, 5.41) is 0.203. The van der Waals surface area contributed by atoms with Crippen LogP contribution in [0.15, 0.2) is 9.59 Å². The summed E-state index contributed by atoms with van der Waals surface area (Å²) in [5.41, 5.74) is -0.0500. The molecule has 4 nitrogen and oxygen atoms in total. The van der Waals surface area contributed by atoms with Crippen molar-refractivity contribution in [3.8, 4) is 0 Å². The summed E-state index contributed by atoms with van der Waals surface area (Å²) in [6.07, 6.45) is 6.07. The predicted octanol–water partition coefficient (Wildman–Crippen LogP) is 2.33. The van der Waals surface area contributed by atoms with Gasteiger partial charge in [-0.3, -0.25) is 14.3 Å². The molecule has 0 radical (unpaired) electrons. The van der Waals surface area contributed by atoms with Gasteiger partial charge < -0.3 is 0 Å². The molecule has 0 aromatic carbocycles. The average Bonchev–Trinajstić information content (AvgIpc) is 2.83. The monoisotopic (exact) mass is 270 g/mol. The van der Waals surface area contributed by atoms with Gasteiger partial charge in [0.05, 0.1) is 5.56 Å². The van der Waals surface area contributed by atoms with Crippen LogP contribution in [0.4, 0.5) is 0 Å². The second-order valence-corrected chi connectivity index (χ2v) is 5.42. The van der Waals surface area contributed by atoms with Gasteiger partial charge in [0.25, 0.3) is 5.56 Å². The second-order valence-electron chi connectivity index (χ2n) is 5.04. The molecular formula is C13H19ClN2O2. The molecule has 1 aromatic rings. The van der Waals surface area contributed by atoms with Gasteiger partial charge in [-0.15, -0.1) is 0 Å². The molecule has 5 heteroatoms. The Bertz CT molecular complexity index is 527. The van der Waals surface area contributed by atoms with Crippen molar-refractivity contribution in [1.29, 1.82) is 0 Å². The molecule has 0 aliphatic heterocycles. The van der Waals surface area contributed by atoms with E-state index in [-0.39, 0.29) is 16.4 Å². The minimum absolute atomic E-state index is 0.203. The number of nitrogens with one attached hydrogen (secondary N) is 1. The van der Waals surface area contributed by atoms with Crippen LogP contribution in [0.1, 0.15) is 44.6 Å². The summed E-state index contributed by atoms with van der Waals surface area (Å²) < 4.78 is 1.33. The highest BCUT2D eigenvalue weighted by molar-refractivity contribution is 6.30. The van der Waals surface area contributed by atoms with Crippen LogP contribution in [-0.4, -0.2) is 9.55 Å². The standard InChI is InChI=1S/C13H19ClN2O2/c1-2-5-10-11(14)15-13(18)16(12(10)17)8-9-6-3-4-7-9/h9H,2-8H2,1H3,(H,15,18). The number of halogens is 1. The molecule has 18 heavy (non-hydrogen) atoms. The summed E-state index contributed by atoms with van der Waals surface area (Å²) in [6, 6.07) is 0. The topological polar surface area (TPSA) is 54.9 Å². The summed E-state index contributed by atoms with van der Waals surface area (Å²) in [5.74, 6) is 0.458. The Balaban J connectivity index is 2.36. The van der Waals surface area contributed by atoms with E-state index in [0.717, 1.165) is 19.3 Å². The Kier molecular flexibility index (Phi) is 4.27.